The molecule has 2 rings (SSSR count). The number of piperidine rings is 1. The summed E-state index contributed by atoms with van der Waals surface area (Å²) < 4.78 is 0. The van der Waals surface area contributed by atoms with Gasteiger partial charge in [-0.15, -0.1) is 0 Å². The van der Waals surface area contributed by atoms with Crippen molar-refractivity contribution in [2.24, 2.45) is 0 Å². The van der Waals surface area contributed by atoms with Crippen LogP contribution in [0.4, 0.5) is 0 Å². The molecule has 0 amide bonds. The Morgan fingerprint density at radius 3 is 1.94 bits per heavy atom. The van der Waals surface area contributed by atoms with Crippen molar-refractivity contribution in [2.75, 3.05) is 0 Å². The van der Waals surface area contributed by atoms with Crippen LogP contribution in [0.5, 0.6) is 0 Å². The predicted molar refractivity (Wildman–Crippen MR) is 78.7 cm³/mol. The minimum atomic E-state index is 0.289. The van der Waals surface area contributed by atoms with Crippen LogP contribution in [0.25, 0.3) is 0 Å². The van der Waals surface area contributed by atoms with E-state index in [1.165, 1.54) is 24.8 Å². The second-order valence-corrected chi connectivity index (χ2v) is 6.94. The topological polar surface area (TPSA) is 3.24 Å². The van der Waals surface area contributed by atoms with Gasteiger partial charge in [0.1, 0.15) is 0 Å². The first kappa shape index (κ1) is 13.6. The molecule has 0 aromatic heterocycles. The van der Waals surface area contributed by atoms with E-state index in [0.29, 0.717) is 6.04 Å². The normalized spacial score (nSPS) is 24.7. The van der Waals surface area contributed by atoms with E-state index in [1.807, 2.05) is 0 Å². The summed E-state index contributed by atoms with van der Waals surface area (Å²) in [5, 5.41) is 0. The van der Waals surface area contributed by atoms with Crippen LogP contribution in [0, 0.1) is 0 Å². The Labute approximate surface area is 112 Å². The van der Waals surface area contributed by atoms with Gasteiger partial charge in [-0.3, -0.25) is 4.90 Å². The van der Waals surface area contributed by atoms with Crippen LogP contribution < -0.4 is 0 Å². The van der Waals surface area contributed by atoms with E-state index in [1.54, 1.807) is 0 Å². The Balaban J connectivity index is 2.34. The van der Waals surface area contributed by atoms with Crippen molar-refractivity contribution in [1.82, 2.24) is 4.90 Å². The summed E-state index contributed by atoms with van der Waals surface area (Å²) in [4.78, 5) is 2.72. The molecular weight excluding hydrogens is 218 g/mol. The molecule has 100 valence electrons. The lowest BCUT2D eigenvalue weighted by Gasteiger charge is -2.56. The standard InChI is InChI=1S/C17H27N/c1-14(15-10-7-6-8-11-15)18-16(2,3)12-9-13-17(18,4)5/h6-8,10-11,14H,9,12-13H2,1-5H3. The van der Waals surface area contributed by atoms with Gasteiger partial charge >= 0.3 is 0 Å². The Kier molecular flexibility index (Phi) is 3.55. The van der Waals surface area contributed by atoms with Crippen LogP contribution in [0.3, 0.4) is 0 Å². The van der Waals surface area contributed by atoms with E-state index in [0.717, 1.165) is 0 Å². The fourth-order valence-corrected chi connectivity index (χ4v) is 3.94. The average Bonchev–Trinajstić information content (AvgIpc) is 2.27. The third-order valence-electron chi connectivity index (χ3n) is 4.55. The lowest BCUT2D eigenvalue weighted by molar-refractivity contribution is -0.0574. The fraction of sp³-hybridized carbons (Fsp3) is 0.647. The first-order valence-electron chi connectivity index (χ1n) is 7.19. The van der Waals surface area contributed by atoms with Crippen LogP contribution in [-0.4, -0.2) is 16.0 Å². The van der Waals surface area contributed by atoms with E-state index in [4.69, 9.17) is 0 Å². The van der Waals surface area contributed by atoms with E-state index in [9.17, 15) is 0 Å². The monoisotopic (exact) mass is 245 g/mol. The molecule has 18 heavy (non-hydrogen) atoms. The van der Waals surface area contributed by atoms with Crippen LogP contribution in [0.15, 0.2) is 30.3 Å². The van der Waals surface area contributed by atoms with E-state index >= 15 is 0 Å². The molecule has 0 N–H and O–H groups in total. The molecule has 0 spiro atoms. The van der Waals surface area contributed by atoms with Gasteiger partial charge < -0.3 is 0 Å². The summed E-state index contributed by atoms with van der Waals surface area (Å²) >= 11 is 0. The van der Waals surface area contributed by atoms with Gasteiger partial charge in [0.25, 0.3) is 0 Å². The molecule has 1 fully saturated rings. The first-order valence-corrected chi connectivity index (χ1v) is 7.19. The maximum absolute atomic E-state index is 2.72. The summed E-state index contributed by atoms with van der Waals surface area (Å²) in [6, 6.07) is 11.4. The average molecular weight is 245 g/mol. The second-order valence-electron chi connectivity index (χ2n) is 6.94. The van der Waals surface area contributed by atoms with Crippen LogP contribution in [0.1, 0.15) is 65.5 Å². The van der Waals surface area contributed by atoms with Gasteiger partial charge in [-0.1, -0.05) is 30.3 Å². The molecule has 0 saturated carbocycles. The summed E-state index contributed by atoms with van der Waals surface area (Å²) in [6.07, 6.45) is 3.94. The highest BCUT2D eigenvalue weighted by Gasteiger charge is 2.43. The van der Waals surface area contributed by atoms with Gasteiger partial charge in [0.05, 0.1) is 0 Å². The molecule has 1 saturated heterocycles. The zero-order chi connectivity index (χ0) is 13.4. The number of likely N-dealkylation sites (tertiary alicyclic amines) is 1. The van der Waals surface area contributed by atoms with Crippen molar-refractivity contribution in [3.8, 4) is 0 Å². The van der Waals surface area contributed by atoms with Gasteiger partial charge in [-0.2, -0.15) is 0 Å². The van der Waals surface area contributed by atoms with Gasteiger partial charge in [0, 0.05) is 17.1 Å². The second kappa shape index (κ2) is 4.70. The van der Waals surface area contributed by atoms with E-state index in [-0.39, 0.29) is 11.1 Å². The molecule has 1 aliphatic rings. The Morgan fingerprint density at radius 1 is 0.944 bits per heavy atom. The number of hydrogen-bond acceptors (Lipinski definition) is 1. The molecule has 1 heterocycles. The first-order chi connectivity index (χ1) is 8.34. The summed E-state index contributed by atoms with van der Waals surface area (Å²) in [5.41, 5.74) is 2.01. The Bertz CT molecular complexity index is 375. The molecule has 1 nitrogen and oxygen atoms in total. The molecule has 1 aromatic rings. The number of hydrogen-bond donors (Lipinski definition) is 0. The van der Waals surface area contributed by atoms with Crippen LogP contribution in [-0.2, 0) is 0 Å². The molecule has 0 bridgehead atoms. The van der Waals surface area contributed by atoms with Crippen molar-refractivity contribution in [1.29, 1.82) is 0 Å². The maximum atomic E-state index is 2.72. The minimum absolute atomic E-state index is 0.289. The Hall–Kier alpha value is -0.820. The predicted octanol–water partition coefficient (Wildman–Crippen LogP) is 4.79. The zero-order valence-electron chi connectivity index (χ0n) is 12.5. The lowest BCUT2D eigenvalue weighted by atomic mass is 9.78. The van der Waals surface area contributed by atoms with E-state index < -0.39 is 0 Å². The third kappa shape index (κ3) is 2.47. The fourth-order valence-electron chi connectivity index (χ4n) is 3.94. The molecule has 1 atom stereocenters. The number of nitrogens with zero attached hydrogens (tertiary/aromatic N) is 1. The molecule has 1 unspecified atom stereocenters. The smallest absolute Gasteiger partial charge is 0.0330 e. The van der Waals surface area contributed by atoms with Gasteiger partial charge in [-0.05, 0) is 59.4 Å². The van der Waals surface area contributed by atoms with Crippen molar-refractivity contribution in [3.63, 3.8) is 0 Å². The highest BCUT2D eigenvalue weighted by atomic mass is 15.3. The van der Waals surface area contributed by atoms with E-state index in [2.05, 4.69) is 69.9 Å². The lowest BCUT2D eigenvalue weighted by Crippen LogP contribution is -2.59. The van der Waals surface area contributed by atoms with Gasteiger partial charge in [0.15, 0.2) is 0 Å². The van der Waals surface area contributed by atoms with Gasteiger partial charge in [-0.25, -0.2) is 0 Å². The molecular formula is C17H27N. The highest BCUT2D eigenvalue weighted by Crippen LogP contribution is 2.43. The molecule has 1 aromatic carbocycles. The highest BCUT2D eigenvalue weighted by molar-refractivity contribution is 5.20. The minimum Gasteiger partial charge on any atom is -0.286 e. The quantitative estimate of drug-likeness (QED) is 0.724. The molecule has 0 radical (unpaired) electrons. The van der Waals surface area contributed by atoms with Crippen molar-refractivity contribution in [3.05, 3.63) is 35.9 Å². The number of rotatable bonds is 2. The van der Waals surface area contributed by atoms with Crippen molar-refractivity contribution in [2.45, 2.75) is 71.0 Å². The van der Waals surface area contributed by atoms with Crippen LogP contribution >= 0.6 is 0 Å². The summed E-state index contributed by atoms with van der Waals surface area (Å²) in [5.74, 6) is 0. The summed E-state index contributed by atoms with van der Waals surface area (Å²) in [7, 11) is 0. The van der Waals surface area contributed by atoms with Crippen molar-refractivity contribution >= 4 is 0 Å². The maximum Gasteiger partial charge on any atom is 0.0330 e. The Morgan fingerprint density at radius 2 is 1.44 bits per heavy atom. The zero-order valence-corrected chi connectivity index (χ0v) is 12.5. The SMILES string of the molecule is CC(c1ccccc1)N1C(C)(C)CCCC1(C)C. The van der Waals surface area contributed by atoms with Crippen molar-refractivity contribution < 1.29 is 0 Å². The third-order valence-corrected chi connectivity index (χ3v) is 4.55. The number of benzene rings is 1. The van der Waals surface area contributed by atoms with Crippen LogP contribution in [0.2, 0.25) is 0 Å². The molecule has 1 aliphatic heterocycles. The summed E-state index contributed by atoms with van der Waals surface area (Å²) in [6.45, 7) is 11.9. The largest absolute Gasteiger partial charge is 0.286 e. The molecule has 1 heteroatoms. The van der Waals surface area contributed by atoms with Gasteiger partial charge in [0.2, 0.25) is 0 Å². The molecule has 0 aliphatic carbocycles.